The Labute approximate surface area is 187 Å². The maximum absolute atomic E-state index is 14.6. The van der Waals surface area contributed by atoms with Crippen LogP contribution in [-0.2, 0) is 14.8 Å². The smallest absolute Gasteiger partial charge is 0.255 e. The molecule has 2 aromatic carbocycles. The first kappa shape index (κ1) is 24.0. The number of amides is 1. The van der Waals surface area contributed by atoms with Gasteiger partial charge in [0.25, 0.3) is 5.91 Å². The minimum absolute atomic E-state index is 0.0951. The normalized spacial score (nSPS) is 14.8. The van der Waals surface area contributed by atoms with E-state index in [0.29, 0.717) is 32.0 Å². The van der Waals surface area contributed by atoms with Crippen molar-refractivity contribution in [3.63, 3.8) is 0 Å². The Morgan fingerprint density at radius 1 is 1.12 bits per heavy atom. The van der Waals surface area contributed by atoms with E-state index in [2.05, 4.69) is 10.0 Å². The topological polar surface area (TPSA) is 97.0 Å². The molecule has 1 saturated heterocycles. The van der Waals surface area contributed by atoms with E-state index >= 15 is 0 Å². The van der Waals surface area contributed by atoms with Gasteiger partial charge in [-0.3, -0.25) is 4.79 Å². The number of methoxy groups -OCH3 is 1. The average Bonchev–Trinajstić information content (AvgIpc) is 2.72. The largest absolute Gasteiger partial charge is 0.495 e. The second-order valence-electron chi connectivity index (χ2n) is 8.44. The lowest BCUT2D eigenvalue weighted by Crippen LogP contribution is -2.40. The highest BCUT2D eigenvalue weighted by molar-refractivity contribution is 7.89. The molecule has 32 heavy (non-hydrogen) atoms. The number of morpholine rings is 1. The third-order valence-electron chi connectivity index (χ3n) is 4.71. The van der Waals surface area contributed by atoms with E-state index in [-0.39, 0.29) is 21.9 Å². The third-order valence-corrected chi connectivity index (χ3v) is 6.49. The summed E-state index contributed by atoms with van der Waals surface area (Å²) in [6.45, 7) is 7.38. The van der Waals surface area contributed by atoms with Crippen LogP contribution in [0.3, 0.4) is 0 Å². The van der Waals surface area contributed by atoms with E-state index in [9.17, 15) is 17.6 Å². The Morgan fingerprint density at radius 3 is 2.41 bits per heavy atom. The number of benzene rings is 2. The summed E-state index contributed by atoms with van der Waals surface area (Å²) in [7, 11) is -2.59. The number of nitrogens with zero attached hydrogens (tertiary/aromatic N) is 1. The maximum Gasteiger partial charge on any atom is 0.255 e. The number of carbonyl (C=O) groups is 1. The standard InChI is InChI=1S/C22H28FN3O5S/c1-22(2,3)25-32(28,29)20-13-15(5-8-19(20)30-4)21(27)24-16-6-7-18(17(23)14-16)26-9-11-31-12-10-26/h5-8,13-14,25H,9-12H2,1-4H3,(H,24,27). The Hall–Kier alpha value is -2.69. The Balaban J connectivity index is 1.83. The van der Waals surface area contributed by atoms with Crippen LogP contribution < -0.4 is 19.7 Å². The van der Waals surface area contributed by atoms with Gasteiger partial charge in [0.15, 0.2) is 0 Å². The molecular weight excluding hydrogens is 437 g/mol. The molecule has 8 nitrogen and oxygen atoms in total. The number of halogens is 1. The van der Waals surface area contributed by atoms with E-state index in [1.54, 1.807) is 32.9 Å². The quantitative estimate of drug-likeness (QED) is 0.681. The molecule has 174 valence electrons. The monoisotopic (exact) mass is 465 g/mol. The molecule has 0 bridgehead atoms. The minimum atomic E-state index is -3.95. The fourth-order valence-electron chi connectivity index (χ4n) is 3.33. The zero-order chi connectivity index (χ0) is 23.5. The number of ether oxygens (including phenoxy) is 2. The second-order valence-corrected chi connectivity index (χ2v) is 10.1. The molecule has 1 heterocycles. The van der Waals surface area contributed by atoms with Gasteiger partial charge in [-0.1, -0.05) is 0 Å². The van der Waals surface area contributed by atoms with E-state index in [1.807, 2.05) is 4.90 Å². The van der Waals surface area contributed by atoms with E-state index < -0.39 is 27.3 Å². The van der Waals surface area contributed by atoms with Crippen LogP contribution in [0, 0.1) is 5.82 Å². The van der Waals surface area contributed by atoms with Crippen molar-refractivity contribution in [2.75, 3.05) is 43.6 Å². The van der Waals surface area contributed by atoms with E-state index in [0.717, 1.165) is 0 Å². The Kier molecular flexibility index (Phi) is 7.06. The van der Waals surface area contributed by atoms with Gasteiger partial charge in [0.05, 0.1) is 26.0 Å². The lowest BCUT2D eigenvalue weighted by Gasteiger charge is -2.29. The summed E-state index contributed by atoms with van der Waals surface area (Å²) >= 11 is 0. The average molecular weight is 466 g/mol. The summed E-state index contributed by atoms with van der Waals surface area (Å²) in [5.41, 5.74) is 0.0784. The zero-order valence-corrected chi connectivity index (χ0v) is 19.4. The number of hydrogen-bond donors (Lipinski definition) is 2. The van der Waals surface area contributed by atoms with Crippen LogP contribution in [0.2, 0.25) is 0 Å². The molecule has 0 spiro atoms. The molecule has 0 aromatic heterocycles. The molecule has 1 amide bonds. The molecule has 0 atom stereocenters. The fraction of sp³-hybridized carbons (Fsp3) is 0.409. The Morgan fingerprint density at radius 2 is 1.81 bits per heavy atom. The van der Waals surface area contributed by atoms with Crippen molar-refractivity contribution in [3.8, 4) is 5.75 Å². The predicted molar refractivity (Wildman–Crippen MR) is 120 cm³/mol. The van der Waals surface area contributed by atoms with Crippen molar-refractivity contribution < 1.29 is 27.1 Å². The highest BCUT2D eigenvalue weighted by Gasteiger charge is 2.26. The van der Waals surface area contributed by atoms with Crippen LogP contribution >= 0.6 is 0 Å². The van der Waals surface area contributed by atoms with E-state index in [1.165, 1.54) is 31.4 Å². The predicted octanol–water partition coefficient (Wildman–Crippen LogP) is 3.00. The first-order valence-corrected chi connectivity index (χ1v) is 11.6. The minimum Gasteiger partial charge on any atom is -0.495 e. The van der Waals surface area contributed by atoms with Gasteiger partial charge in [-0.15, -0.1) is 0 Å². The molecule has 1 aliphatic heterocycles. The van der Waals surface area contributed by atoms with Gasteiger partial charge in [0, 0.05) is 29.9 Å². The van der Waals surface area contributed by atoms with Gasteiger partial charge in [0.2, 0.25) is 10.0 Å². The highest BCUT2D eigenvalue weighted by atomic mass is 32.2. The van der Waals surface area contributed by atoms with Crippen molar-refractivity contribution in [1.82, 2.24) is 4.72 Å². The molecule has 0 unspecified atom stereocenters. The fourth-order valence-corrected chi connectivity index (χ4v) is 4.95. The van der Waals surface area contributed by atoms with Crippen molar-refractivity contribution in [3.05, 3.63) is 47.8 Å². The van der Waals surface area contributed by atoms with E-state index in [4.69, 9.17) is 9.47 Å². The second kappa shape index (κ2) is 9.43. The number of anilines is 2. The van der Waals surface area contributed by atoms with Crippen molar-refractivity contribution in [1.29, 1.82) is 0 Å². The van der Waals surface area contributed by atoms with Crippen LogP contribution in [0.25, 0.3) is 0 Å². The summed E-state index contributed by atoms with van der Waals surface area (Å²) in [4.78, 5) is 14.5. The summed E-state index contributed by atoms with van der Waals surface area (Å²) < 4.78 is 53.2. The summed E-state index contributed by atoms with van der Waals surface area (Å²) in [6, 6.07) is 8.55. The van der Waals surface area contributed by atoms with Crippen LogP contribution in [0.15, 0.2) is 41.3 Å². The van der Waals surface area contributed by atoms with Crippen LogP contribution in [0.1, 0.15) is 31.1 Å². The zero-order valence-electron chi connectivity index (χ0n) is 18.6. The third kappa shape index (κ3) is 5.76. The molecule has 2 aromatic rings. The molecule has 0 saturated carbocycles. The molecule has 0 aliphatic carbocycles. The van der Waals surface area contributed by atoms with Gasteiger partial charge in [-0.2, -0.15) is 0 Å². The number of rotatable bonds is 6. The lowest BCUT2D eigenvalue weighted by molar-refractivity contribution is 0.102. The van der Waals surface area contributed by atoms with Crippen molar-refractivity contribution in [2.24, 2.45) is 0 Å². The summed E-state index contributed by atoms with van der Waals surface area (Å²) in [5.74, 6) is -0.922. The molecule has 1 aliphatic rings. The number of nitrogens with one attached hydrogen (secondary N) is 2. The molecule has 10 heteroatoms. The van der Waals surface area contributed by atoms with Crippen molar-refractivity contribution >= 4 is 27.3 Å². The summed E-state index contributed by atoms with van der Waals surface area (Å²) in [5, 5.41) is 2.62. The molecule has 3 rings (SSSR count). The molecule has 1 fully saturated rings. The van der Waals surface area contributed by atoms with Crippen molar-refractivity contribution in [2.45, 2.75) is 31.2 Å². The Bertz CT molecular complexity index is 1090. The first-order valence-electron chi connectivity index (χ1n) is 10.2. The highest BCUT2D eigenvalue weighted by Crippen LogP contribution is 2.27. The number of hydrogen-bond acceptors (Lipinski definition) is 6. The lowest BCUT2D eigenvalue weighted by atomic mass is 10.1. The van der Waals surface area contributed by atoms with Crippen LogP contribution in [0.4, 0.5) is 15.8 Å². The van der Waals surface area contributed by atoms with Gasteiger partial charge < -0.3 is 19.7 Å². The van der Waals surface area contributed by atoms with Gasteiger partial charge in [0.1, 0.15) is 16.5 Å². The SMILES string of the molecule is COc1ccc(C(=O)Nc2ccc(N3CCOCC3)c(F)c2)cc1S(=O)(=O)NC(C)(C)C. The van der Waals surface area contributed by atoms with Gasteiger partial charge in [-0.05, 0) is 57.2 Å². The number of carbonyl (C=O) groups excluding carboxylic acids is 1. The van der Waals surface area contributed by atoms with Gasteiger partial charge >= 0.3 is 0 Å². The molecule has 0 radical (unpaired) electrons. The summed E-state index contributed by atoms with van der Waals surface area (Å²) in [6.07, 6.45) is 0. The molecular formula is C22H28FN3O5S. The van der Waals surface area contributed by atoms with Gasteiger partial charge in [-0.25, -0.2) is 17.5 Å². The first-order chi connectivity index (χ1) is 15.0. The maximum atomic E-state index is 14.6. The van der Waals surface area contributed by atoms with Crippen LogP contribution in [0.5, 0.6) is 5.75 Å². The number of sulfonamides is 1. The van der Waals surface area contributed by atoms with Crippen LogP contribution in [-0.4, -0.2) is 53.3 Å². The molecule has 2 N–H and O–H groups in total.